The maximum absolute atomic E-state index is 12.3. The number of thioether (sulfide) groups is 1. The smallest absolute Gasteiger partial charge is 0.286 e. The minimum absolute atomic E-state index is 0.249. The fraction of sp³-hybridized carbons (Fsp3) is 0.154. The van der Waals surface area contributed by atoms with Crippen molar-refractivity contribution in [3.63, 3.8) is 0 Å². The Labute approximate surface area is 112 Å². The monoisotopic (exact) mass is 274 g/mol. The largest absolute Gasteiger partial charge is 0.311 e. The number of nitrogens with zero attached hydrogens (tertiary/aromatic N) is 1. The minimum Gasteiger partial charge on any atom is -0.311 e. The van der Waals surface area contributed by atoms with Gasteiger partial charge in [0.25, 0.3) is 10.8 Å². The third kappa shape index (κ3) is 1.84. The molecule has 0 bridgehead atoms. The molecule has 96 valence electrons. The van der Waals surface area contributed by atoms with E-state index in [2.05, 4.69) is 5.32 Å². The Kier molecular flexibility index (Phi) is 2.67. The predicted octanol–water partition coefficient (Wildman–Crippen LogP) is 1.56. The van der Waals surface area contributed by atoms with Gasteiger partial charge in [-0.25, -0.2) is 0 Å². The van der Waals surface area contributed by atoms with E-state index in [1.54, 1.807) is 13.1 Å². The van der Waals surface area contributed by atoms with Gasteiger partial charge in [0.2, 0.25) is 5.91 Å². The molecule has 0 radical (unpaired) electrons. The van der Waals surface area contributed by atoms with Crippen LogP contribution in [0, 0.1) is 0 Å². The summed E-state index contributed by atoms with van der Waals surface area (Å²) in [4.78, 5) is 35.2. The Hall–Kier alpha value is -2.08. The zero-order valence-electron chi connectivity index (χ0n) is 10.0. The van der Waals surface area contributed by atoms with E-state index in [9.17, 15) is 14.4 Å². The van der Waals surface area contributed by atoms with E-state index in [-0.39, 0.29) is 5.56 Å². The van der Waals surface area contributed by atoms with E-state index in [1.165, 1.54) is 4.57 Å². The van der Waals surface area contributed by atoms with Crippen LogP contribution in [-0.2, 0) is 11.8 Å². The maximum atomic E-state index is 12.3. The molecule has 2 aromatic rings. The highest BCUT2D eigenvalue weighted by molar-refractivity contribution is 8.15. The Bertz CT molecular complexity index is 766. The second-order valence-corrected chi connectivity index (χ2v) is 5.38. The Morgan fingerprint density at radius 1 is 1.21 bits per heavy atom. The predicted molar refractivity (Wildman–Crippen MR) is 73.1 cm³/mol. The van der Waals surface area contributed by atoms with Gasteiger partial charge in [-0.1, -0.05) is 18.2 Å². The van der Waals surface area contributed by atoms with Gasteiger partial charge in [0.05, 0.1) is 5.52 Å². The Morgan fingerprint density at radius 2 is 1.95 bits per heavy atom. The number of pyridine rings is 1. The second kappa shape index (κ2) is 4.24. The SMILES string of the molecule is Cn1c(=O)c(C2SC(=O)NC2=O)cc2ccccc21. The number of aryl methyl sites for hydroxylation is 1. The summed E-state index contributed by atoms with van der Waals surface area (Å²) in [5, 5.41) is 1.90. The average Bonchev–Trinajstić information content (AvgIpc) is 2.73. The zero-order valence-corrected chi connectivity index (χ0v) is 10.9. The molecule has 1 saturated heterocycles. The molecule has 1 fully saturated rings. The fourth-order valence-corrected chi connectivity index (χ4v) is 3.03. The maximum Gasteiger partial charge on any atom is 0.286 e. The lowest BCUT2D eigenvalue weighted by atomic mass is 10.1. The molecule has 1 atom stereocenters. The first kappa shape index (κ1) is 12.0. The fourth-order valence-electron chi connectivity index (χ4n) is 2.20. The first-order valence-corrected chi connectivity index (χ1v) is 6.56. The number of nitrogens with one attached hydrogen (secondary N) is 1. The number of aromatic nitrogens is 1. The van der Waals surface area contributed by atoms with Crippen molar-refractivity contribution in [2.45, 2.75) is 5.25 Å². The number of benzene rings is 1. The summed E-state index contributed by atoms with van der Waals surface area (Å²) in [6.07, 6.45) is 0. The standard InChI is InChI=1S/C13H10N2O3S/c1-15-9-5-3-2-4-7(9)6-8(12(15)17)10-11(16)14-13(18)19-10/h2-6,10H,1H3,(H,14,16,18). The summed E-state index contributed by atoms with van der Waals surface area (Å²) in [5.41, 5.74) is 0.890. The number of hydrogen-bond donors (Lipinski definition) is 1. The van der Waals surface area contributed by atoms with Crippen molar-refractivity contribution >= 4 is 33.8 Å². The average molecular weight is 274 g/mol. The zero-order chi connectivity index (χ0) is 13.6. The van der Waals surface area contributed by atoms with Gasteiger partial charge >= 0.3 is 0 Å². The number of carbonyl (C=O) groups is 2. The Balaban J connectivity index is 2.25. The highest BCUT2D eigenvalue weighted by Gasteiger charge is 2.35. The molecule has 0 spiro atoms. The number of carbonyl (C=O) groups excluding carboxylic acids is 2. The molecule has 5 nitrogen and oxygen atoms in total. The lowest BCUT2D eigenvalue weighted by Gasteiger charge is -2.10. The van der Waals surface area contributed by atoms with Gasteiger partial charge in [-0.3, -0.25) is 19.7 Å². The summed E-state index contributed by atoms with van der Waals surface area (Å²) >= 11 is 0.845. The van der Waals surface area contributed by atoms with Crippen LogP contribution in [-0.4, -0.2) is 15.7 Å². The van der Waals surface area contributed by atoms with Crippen molar-refractivity contribution < 1.29 is 9.59 Å². The van der Waals surface area contributed by atoms with Crippen LogP contribution in [0.2, 0.25) is 0 Å². The number of para-hydroxylation sites is 1. The third-order valence-corrected chi connectivity index (χ3v) is 4.15. The van der Waals surface area contributed by atoms with E-state index in [0.717, 1.165) is 22.7 Å². The molecule has 1 N–H and O–H groups in total. The van der Waals surface area contributed by atoms with E-state index >= 15 is 0 Å². The topological polar surface area (TPSA) is 68.2 Å². The molecule has 0 saturated carbocycles. The molecule has 6 heteroatoms. The van der Waals surface area contributed by atoms with Crippen molar-refractivity contribution in [3.05, 3.63) is 46.2 Å². The highest BCUT2D eigenvalue weighted by Crippen LogP contribution is 2.33. The first-order chi connectivity index (χ1) is 9.08. The molecule has 0 aliphatic carbocycles. The number of imide groups is 1. The molecule has 2 heterocycles. The van der Waals surface area contributed by atoms with E-state index in [0.29, 0.717) is 5.56 Å². The summed E-state index contributed by atoms with van der Waals surface area (Å²) in [6.45, 7) is 0. The van der Waals surface area contributed by atoms with Crippen LogP contribution >= 0.6 is 11.8 Å². The van der Waals surface area contributed by atoms with Crippen LogP contribution in [0.15, 0.2) is 35.1 Å². The highest BCUT2D eigenvalue weighted by atomic mass is 32.2. The molecular weight excluding hydrogens is 264 g/mol. The molecule has 1 aromatic carbocycles. The van der Waals surface area contributed by atoms with E-state index in [4.69, 9.17) is 0 Å². The van der Waals surface area contributed by atoms with Crippen LogP contribution in [0.25, 0.3) is 10.9 Å². The van der Waals surface area contributed by atoms with Crippen molar-refractivity contribution in [1.29, 1.82) is 0 Å². The van der Waals surface area contributed by atoms with Crippen molar-refractivity contribution in [3.8, 4) is 0 Å². The van der Waals surface area contributed by atoms with E-state index < -0.39 is 16.4 Å². The third-order valence-electron chi connectivity index (χ3n) is 3.13. The number of fused-ring (bicyclic) bond motifs is 1. The van der Waals surface area contributed by atoms with Crippen molar-refractivity contribution in [1.82, 2.24) is 9.88 Å². The molecule has 19 heavy (non-hydrogen) atoms. The van der Waals surface area contributed by atoms with Crippen LogP contribution in [0.3, 0.4) is 0 Å². The van der Waals surface area contributed by atoms with Gasteiger partial charge in [-0.15, -0.1) is 0 Å². The van der Waals surface area contributed by atoms with Gasteiger partial charge in [-0.05, 0) is 29.3 Å². The van der Waals surface area contributed by atoms with Crippen LogP contribution in [0.4, 0.5) is 4.79 Å². The number of hydrogen-bond acceptors (Lipinski definition) is 4. The number of rotatable bonds is 1. The van der Waals surface area contributed by atoms with Crippen LogP contribution in [0.1, 0.15) is 10.8 Å². The quantitative estimate of drug-likeness (QED) is 0.857. The Morgan fingerprint density at radius 3 is 2.63 bits per heavy atom. The molecule has 1 unspecified atom stereocenters. The number of amides is 2. The van der Waals surface area contributed by atoms with Crippen LogP contribution < -0.4 is 10.9 Å². The molecule has 1 aromatic heterocycles. The lowest BCUT2D eigenvalue weighted by molar-refractivity contribution is -0.119. The lowest BCUT2D eigenvalue weighted by Crippen LogP contribution is -2.27. The summed E-state index contributed by atoms with van der Waals surface area (Å²) < 4.78 is 1.50. The van der Waals surface area contributed by atoms with Crippen LogP contribution in [0.5, 0.6) is 0 Å². The first-order valence-electron chi connectivity index (χ1n) is 5.68. The molecule has 3 rings (SSSR count). The minimum atomic E-state index is -0.754. The summed E-state index contributed by atoms with van der Waals surface area (Å²) in [5.74, 6) is -0.428. The van der Waals surface area contributed by atoms with Crippen molar-refractivity contribution in [2.75, 3.05) is 0 Å². The van der Waals surface area contributed by atoms with Gasteiger partial charge in [-0.2, -0.15) is 0 Å². The molecule has 1 aliphatic rings. The van der Waals surface area contributed by atoms with Gasteiger partial charge in [0, 0.05) is 12.6 Å². The van der Waals surface area contributed by atoms with Gasteiger partial charge in [0.1, 0.15) is 5.25 Å². The molecule has 2 amide bonds. The second-order valence-electron chi connectivity index (χ2n) is 4.30. The molecule has 1 aliphatic heterocycles. The summed E-state index contributed by atoms with van der Waals surface area (Å²) in [7, 11) is 1.66. The normalized spacial score (nSPS) is 18.9. The summed E-state index contributed by atoms with van der Waals surface area (Å²) in [6, 6.07) is 9.12. The van der Waals surface area contributed by atoms with Crippen molar-refractivity contribution in [2.24, 2.45) is 7.05 Å². The van der Waals surface area contributed by atoms with Gasteiger partial charge < -0.3 is 4.57 Å². The van der Waals surface area contributed by atoms with E-state index in [1.807, 2.05) is 24.3 Å². The molecular formula is C13H10N2O3S. The van der Waals surface area contributed by atoms with Gasteiger partial charge in [0.15, 0.2) is 0 Å².